The molecule has 0 amide bonds. The van der Waals surface area contributed by atoms with Crippen molar-refractivity contribution in [1.29, 1.82) is 0 Å². The summed E-state index contributed by atoms with van der Waals surface area (Å²) in [4.78, 5) is 4.23. The van der Waals surface area contributed by atoms with Crippen molar-refractivity contribution in [2.75, 3.05) is 7.11 Å². The van der Waals surface area contributed by atoms with Crippen molar-refractivity contribution in [2.24, 2.45) is 0 Å². The Morgan fingerprint density at radius 3 is 2.81 bits per heavy atom. The van der Waals surface area contributed by atoms with Gasteiger partial charge in [-0.1, -0.05) is 18.2 Å². The van der Waals surface area contributed by atoms with Gasteiger partial charge in [-0.05, 0) is 17.7 Å². The molecule has 0 fully saturated rings. The summed E-state index contributed by atoms with van der Waals surface area (Å²) in [5.41, 5.74) is 1.74. The first-order chi connectivity index (χ1) is 7.79. The molecule has 0 aliphatic heterocycles. The summed E-state index contributed by atoms with van der Waals surface area (Å²) in [6, 6.07) is 10.9. The quantitative estimate of drug-likeness (QED) is 0.854. The summed E-state index contributed by atoms with van der Waals surface area (Å²) in [6.07, 6.45) is 2.30. The van der Waals surface area contributed by atoms with Crippen LogP contribution in [0.2, 0.25) is 0 Å². The number of hydrogen-bond donors (Lipinski definition) is 1. The number of rotatable bonds is 3. The Kier molecular flexibility index (Phi) is 3.05. The molecule has 1 N–H and O–H groups in total. The number of phenolic OH excluding ortho intramolecular Hbond substituents is 1. The van der Waals surface area contributed by atoms with Gasteiger partial charge >= 0.3 is 0 Å². The smallest absolute Gasteiger partial charge is 0.122 e. The molecule has 2 aromatic rings. The largest absolute Gasteiger partial charge is 0.508 e. The molecule has 82 valence electrons. The van der Waals surface area contributed by atoms with Crippen molar-refractivity contribution < 1.29 is 9.84 Å². The van der Waals surface area contributed by atoms with Crippen molar-refractivity contribution in [3.8, 4) is 11.5 Å². The highest BCUT2D eigenvalue weighted by molar-refractivity contribution is 5.36. The summed E-state index contributed by atoms with van der Waals surface area (Å²) in [5, 5.41) is 9.64. The van der Waals surface area contributed by atoms with Crippen LogP contribution in [0.5, 0.6) is 11.5 Å². The number of hydrogen-bond acceptors (Lipinski definition) is 3. The van der Waals surface area contributed by atoms with Crippen LogP contribution in [0.3, 0.4) is 0 Å². The van der Waals surface area contributed by atoms with Gasteiger partial charge in [0.05, 0.1) is 7.11 Å². The Balaban J connectivity index is 2.24. The van der Waals surface area contributed by atoms with Crippen LogP contribution in [0.4, 0.5) is 0 Å². The number of nitrogens with zero attached hydrogens (tertiary/aromatic N) is 1. The standard InChI is InChI=1S/C13H13NO2/c1-16-12-6-7-14-11(9-12)8-10-4-2-3-5-13(10)15/h2-7,9,15H,8H2,1H3. The van der Waals surface area contributed by atoms with Gasteiger partial charge in [-0.2, -0.15) is 0 Å². The Hall–Kier alpha value is -2.03. The molecule has 0 bridgehead atoms. The fourth-order valence-electron chi connectivity index (χ4n) is 1.54. The summed E-state index contributed by atoms with van der Waals surface area (Å²) >= 11 is 0. The molecule has 0 atom stereocenters. The fraction of sp³-hybridized carbons (Fsp3) is 0.154. The van der Waals surface area contributed by atoms with Gasteiger partial charge in [0.25, 0.3) is 0 Å². The minimum absolute atomic E-state index is 0.298. The third-order valence-electron chi connectivity index (χ3n) is 2.39. The Morgan fingerprint density at radius 1 is 1.25 bits per heavy atom. The monoisotopic (exact) mass is 215 g/mol. The lowest BCUT2D eigenvalue weighted by molar-refractivity contribution is 0.413. The van der Waals surface area contributed by atoms with E-state index in [0.29, 0.717) is 12.2 Å². The van der Waals surface area contributed by atoms with E-state index in [1.165, 1.54) is 0 Å². The zero-order valence-corrected chi connectivity index (χ0v) is 9.05. The molecular weight excluding hydrogens is 202 g/mol. The second-order valence-electron chi connectivity index (χ2n) is 3.49. The molecule has 0 radical (unpaired) electrons. The molecule has 1 aromatic heterocycles. The van der Waals surface area contributed by atoms with Crippen LogP contribution >= 0.6 is 0 Å². The van der Waals surface area contributed by atoms with Crippen LogP contribution in [0.15, 0.2) is 42.6 Å². The third kappa shape index (κ3) is 2.31. The minimum atomic E-state index is 0.298. The van der Waals surface area contributed by atoms with Crippen LogP contribution in [-0.2, 0) is 6.42 Å². The number of phenols is 1. The highest BCUT2D eigenvalue weighted by Crippen LogP contribution is 2.20. The molecule has 16 heavy (non-hydrogen) atoms. The molecule has 0 unspecified atom stereocenters. The molecule has 0 aliphatic carbocycles. The highest BCUT2D eigenvalue weighted by atomic mass is 16.5. The van der Waals surface area contributed by atoms with E-state index < -0.39 is 0 Å². The van der Waals surface area contributed by atoms with Gasteiger partial charge in [-0.15, -0.1) is 0 Å². The first kappa shape index (κ1) is 10.5. The third-order valence-corrected chi connectivity index (χ3v) is 2.39. The minimum Gasteiger partial charge on any atom is -0.508 e. The lowest BCUT2D eigenvalue weighted by Crippen LogP contribution is -1.93. The molecule has 3 nitrogen and oxygen atoms in total. The summed E-state index contributed by atoms with van der Waals surface area (Å²) in [5.74, 6) is 1.08. The van der Waals surface area contributed by atoms with Gasteiger partial charge in [0.2, 0.25) is 0 Å². The predicted molar refractivity (Wildman–Crippen MR) is 61.7 cm³/mol. The first-order valence-electron chi connectivity index (χ1n) is 5.05. The van der Waals surface area contributed by atoms with Crippen molar-refractivity contribution in [1.82, 2.24) is 4.98 Å². The number of aromatic hydroxyl groups is 1. The van der Waals surface area contributed by atoms with Crippen LogP contribution in [0.25, 0.3) is 0 Å². The number of methoxy groups -OCH3 is 1. The van der Waals surface area contributed by atoms with Gasteiger partial charge in [0.1, 0.15) is 11.5 Å². The number of pyridine rings is 1. The van der Waals surface area contributed by atoms with Crippen LogP contribution in [0.1, 0.15) is 11.3 Å². The number of benzene rings is 1. The maximum absolute atomic E-state index is 9.64. The lowest BCUT2D eigenvalue weighted by atomic mass is 10.1. The molecule has 0 saturated heterocycles. The number of ether oxygens (including phenoxy) is 1. The Labute approximate surface area is 94.3 Å². The summed E-state index contributed by atoms with van der Waals surface area (Å²) in [7, 11) is 1.62. The van der Waals surface area contributed by atoms with Crippen molar-refractivity contribution in [3.63, 3.8) is 0 Å². The fourth-order valence-corrected chi connectivity index (χ4v) is 1.54. The molecule has 0 aliphatic rings. The summed E-state index contributed by atoms with van der Waals surface area (Å²) < 4.78 is 5.12. The molecule has 1 aromatic carbocycles. The Morgan fingerprint density at radius 2 is 2.06 bits per heavy atom. The van der Waals surface area contributed by atoms with Crippen molar-refractivity contribution in [2.45, 2.75) is 6.42 Å². The van der Waals surface area contributed by atoms with E-state index in [0.717, 1.165) is 17.0 Å². The van der Waals surface area contributed by atoms with E-state index in [1.54, 1.807) is 31.5 Å². The maximum Gasteiger partial charge on any atom is 0.122 e. The molecule has 0 saturated carbocycles. The van der Waals surface area contributed by atoms with Crippen LogP contribution in [-0.4, -0.2) is 17.2 Å². The molecular formula is C13H13NO2. The van der Waals surface area contributed by atoms with Gasteiger partial charge < -0.3 is 9.84 Å². The lowest BCUT2D eigenvalue weighted by Gasteiger charge is -2.05. The second kappa shape index (κ2) is 4.66. The first-order valence-corrected chi connectivity index (χ1v) is 5.05. The van der Waals surface area contributed by atoms with Gasteiger partial charge in [0.15, 0.2) is 0 Å². The number of para-hydroxylation sites is 1. The maximum atomic E-state index is 9.64. The van der Waals surface area contributed by atoms with E-state index in [1.807, 2.05) is 18.2 Å². The normalized spacial score (nSPS) is 10.1. The zero-order chi connectivity index (χ0) is 11.4. The number of aromatic nitrogens is 1. The van der Waals surface area contributed by atoms with Crippen molar-refractivity contribution in [3.05, 3.63) is 53.9 Å². The van der Waals surface area contributed by atoms with E-state index >= 15 is 0 Å². The molecule has 2 rings (SSSR count). The van der Waals surface area contributed by atoms with Gasteiger partial charge in [-0.25, -0.2) is 0 Å². The predicted octanol–water partition coefficient (Wildman–Crippen LogP) is 2.39. The van der Waals surface area contributed by atoms with Crippen LogP contribution in [0, 0.1) is 0 Å². The van der Waals surface area contributed by atoms with E-state index in [-0.39, 0.29) is 0 Å². The van der Waals surface area contributed by atoms with E-state index in [2.05, 4.69) is 4.98 Å². The SMILES string of the molecule is COc1ccnc(Cc2ccccc2O)c1. The second-order valence-corrected chi connectivity index (χ2v) is 3.49. The summed E-state index contributed by atoms with van der Waals surface area (Å²) in [6.45, 7) is 0. The molecule has 0 spiro atoms. The average Bonchev–Trinajstić information content (AvgIpc) is 2.32. The molecule has 3 heteroatoms. The van der Waals surface area contributed by atoms with Crippen LogP contribution < -0.4 is 4.74 Å². The van der Waals surface area contributed by atoms with E-state index in [4.69, 9.17) is 4.74 Å². The van der Waals surface area contributed by atoms with E-state index in [9.17, 15) is 5.11 Å². The van der Waals surface area contributed by atoms with Gasteiger partial charge in [0, 0.05) is 24.4 Å². The topological polar surface area (TPSA) is 42.4 Å². The van der Waals surface area contributed by atoms with Gasteiger partial charge in [-0.3, -0.25) is 4.98 Å². The average molecular weight is 215 g/mol. The van der Waals surface area contributed by atoms with Crippen molar-refractivity contribution >= 4 is 0 Å². The zero-order valence-electron chi connectivity index (χ0n) is 9.05. The Bertz CT molecular complexity index is 483. The highest BCUT2D eigenvalue weighted by Gasteiger charge is 2.03. The molecule has 1 heterocycles.